The maximum atomic E-state index is 8.54. The van der Waals surface area contributed by atoms with Crippen LogP contribution in [0.2, 0.25) is 0 Å². The van der Waals surface area contributed by atoms with Gasteiger partial charge >= 0.3 is 0 Å². The van der Waals surface area contributed by atoms with E-state index in [1.807, 2.05) is 19.1 Å². The Bertz CT molecular complexity index is 511. The minimum Gasteiger partial charge on any atom is -0.361 e. The SMILES string of the molecule is Cc1cc(CNc2cnc(C#N)cn2)on1. The zero-order chi connectivity index (χ0) is 11.4. The molecule has 0 aliphatic rings. The summed E-state index contributed by atoms with van der Waals surface area (Å²) in [6.45, 7) is 2.34. The third kappa shape index (κ3) is 2.33. The maximum absolute atomic E-state index is 8.54. The van der Waals surface area contributed by atoms with E-state index < -0.39 is 0 Å². The van der Waals surface area contributed by atoms with Gasteiger partial charge in [-0.2, -0.15) is 5.26 Å². The summed E-state index contributed by atoms with van der Waals surface area (Å²) in [4.78, 5) is 7.90. The normalized spacial score (nSPS) is 9.75. The van der Waals surface area contributed by atoms with E-state index in [9.17, 15) is 0 Å². The van der Waals surface area contributed by atoms with Crippen molar-refractivity contribution in [2.75, 3.05) is 5.32 Å². The molecule has 0 spiro atoms. The van der Waals surface area contributed by atoms with Crippen molar-refractivity contribution in [1.29, 1.82) is 5.26 Å². The quantitative estimate of drug-likeness (QED) is 0.829. The van der Waals surface area contributed by atoms with E-state index in [1.54, 1.807) is 0 Å². The number of nitrogens with one attached hydrogen (secondary N) is 1. The summed E-state index contributed by atoms with van der Waals surface area (Å²) in [5, 5.41) is 15.3. The number of aryl methyl sites for hydroxylation is 1. The highest BCUT2D eigenvalue weighted by Gasteiger charge is 2.01. The first-order valence-electron chi connectivity index (χ1n) is 4.66. The predicted molar refractivity (Wildman–Crippen MR) is 55.3 cm³/mol. The van der Waals surface area contributed by atoms with Crippen LogP contribution in [0.15, 0.2) is 23.0 Å². The van der Waals surface area contributed by atoms with Gasteiger partial charge in [-0.25, -0.2) is 9.97 Å². The van der Waals surface area contributed by atoms with Gasteiger partial charge in [-0.15, -0.1) is 0 Å². The first kappa shape index (κ1) is 10.1. The Morgan fingerprint density at radius 2 is 2.31 bits per heavy atom. The van der Waals surface area contributed by atoms with Crippen molar-refractivity contribution in [2.45, 2.75) is 13.5 Å². The Morgan fingerprint density at radius 1 is 1.44 bits per heavy atom. The Balaban J connectivity index is 1.97. The fourth-order valence-corrected chi connectivity index (χ4v) is 1.15. The molecule has 2 aromatic heterocycles. The highest BCUT2D eigenvalue weighted by molar-refractivity contribution is 5.33. The zero-order valence-electron chi connectivity index (χ0n) is 8.64. The van der Waals surface area contributed by atoms with Crippen molar-refractivity contribution in [3.63, 3.8) is 0 Å². The van der Waals surface area contributed by atoms with Crippen LogP contribution in [0.25, 0.3) is 0 Å². The molecule has 0 fully saturated rings. The number of rotatable bonds is 3. The van der Waals surface area contributed by atoms with Crippen LogP contribution in [0.4, 0.5) is 5.82 Å². The molecule has 1 N–H and O–H groups in total. The van der Waals surface area contributed by atoms with Gasteiger partial charge in [0.15, 0.2) is 11.5 Å². The van der Waals surface area contributed by atoms with Crippen molar-refractivity contribution < 1.29 is 4.52 Å². The third-order valence-corrected chi connectivity index (χ3v) is 1.89. The number of nitriles is 1. The minimum absolute atomic E-state index is 0.293. The Morgan fingerprint density at radius 3 is 2.88 bits per heavy atom. The summed E-state index contributed by atoms with van der Waals surface area (Å²) in [6, 6.07) is 3.74. The third-order valence-electron chi connectivity index (χ3n) is 1.89. The van der Waals surface area contributed by atoms with Gasteiger partial charge in [0.2, 0.25) is 0 Å². The highest BCUT2D eigenvalue weighted by atomic mass is 16.5. The summed E-state index contributed by atoms with van der Waals surface area (Å²) < 4.78 is 5.02. The lowest BCUT2D eigenvalue weighted by molar-refractivity contribution is 0.384. The zero-order valence-corrected chi connectivity index (χ0v) is 8.64. The molecular formula is C10H9N5O. The molecule has 0 aliphatic heterocycles. The second-order valence-electron chi connectivity index (χ2n) is 3.19. The fourth-order valence-electron chi connectivity index (χ4n) is 1.15. The molecule has 0 unspecified atom stereocenters. The molecule has 0 atom stereocenters. The summed E-state index contributed by atoms with van der Waals surface area (Å²) in [5.41, 5.74) is 1.13. The van der Waals surface area contributed by atoms with Crippen LogP contribution in [0.1, 0.15) is 17.1 Å². The largest absolute Gasteiger partial charge is 0.361 e. The molecule has 0 saturated carbocycles. The van der Waals surface area contributed by atoms with Crippen LogP contribution >= 0.6 is 0 Å². The lowest BCUT2D eigenvalue weighted by Crippen LogP contribution is -2.01. The molecule has 16 heavy (non-hydrogen) atoms. The molecule has 0 radical (unpaired) electrons. The van der Waals surface area contributed by atoms with Gasteiger partial charge in [-0.05, 0) is 6.92 Å². The molecule has 6 heteroatoms. The maximum Gasteiger partial charge on any atom is 0.158 e. The molecule has 0 saturated heterocycles. The molecule has 0 amide bonds. The topological polar surface area (TPSA) is 87.6 Å². The molecular weight excluding hydrogens is 206 g/mol. The molecule has 80 valence electrons. The van der Waals surface area contributed by atoms with Crippen LogP contribution in [0.5, 0.6) is 0 Å². The Kier molecular flexibility index (Phi) is 2.78. The van der Waals surface area contributed by atoms with Gasteiger partial charge < -0.3 is 9.84 Å². The lowest BCUT2D eigenvalue weighted by Gasteiger charge is -2.00. The lowest BCUT2D eigenvalue weighted by atomic mass is 10.4. The van der Waals surface area contributed by atoms with Crippen molar-refractivity contribution >= 4 is 5.82 Å². The van der Waals surface area contributed by atoms with Gasteiger partial charge in [0, 0.05) is 6.07 Å². The van der Waals surface area contributed by atoms with Crippen LogP contribution in [0.3, 0.4) is 0 Å². The summed E-state index contributed by atoms with van der Waals surface area (Å²) in [5.74, 6) is 1.32. The minimum atomic E-state index is 0.293. The molecule has 2 heterocycles. The van der Waals surface area contributed by atoms with Gasteiger partial charge in [-0.1, -0.05) is 5.16 Å². The van der Waals surface area contributed by atoms with Gasteiger partial charge in [0.05, 0.1) is 24.6 Å². The van der Waals surface area contributed by atoms with E-state index in [0.29, 0.717) is 18.1 Å². The Labute approximate surface area is 91.9 Å². The molecule has 0 aromatic carbocycles. The number of aromatic nitrogens is 3. The average Bonchev–Trinajstić information content (AvgIpc) is 2.73. The van der Waals surface area contributed by atoms with Crippen LogP contribution < -0.4 is 5.32 Å². The van der Waals surface area contributed by atoms with E-state index in [-0.39, 0.29) is 0 Å². The standard InChI is InChI=1S/C10H9N5O/c1-7-2-9(16-15-7)5-14-10-6-12-8(3-11)4-13-10/h2,4,6H,5H2,1H3,(H,13,14). The first-order chi connectivity index (χ1) is 7.78. The van der Waals surface area contributed by atoms with E-state index in [1.165, 1.54) is 12.4 Å². The molecule has 0 bridgehead atoms. The molecule has 2 rings (SSSR count). The fraction of sp³-hybridized carbons (Fsp3) is 0.200. The van der Waals surface area contributed by atoms with Crippen LogP contribution in [0, 0.1) is 18.3 Å². The number of hydrogen-bond donors (Lipinski definition) is 1. The van der Waals surface area contributed by atoms with E-state index in [0.717, 1.165) is 11.5 Å². The number of hydrogen-bond acceptors (Lipinski definition) is 6. The smallest absolute Gasteiger partial charge is 0.158 e. The van der Waals surface area contributed by atoms with Crippen LogP contribution in [-0.2, 0) is 6.54 Å². The predicted octanol–water partition coefficient (Wildman–Crippen LogP) is 1.26. The summed E-state index contributed by atoms with van der Waals surface area (Å²) in [7, 11) is 0. The monoisotopic (exact) mass is 215 g/mol. The van der Waals surface area contributed by atoms with Gasteiger partial charge in [0.1, 0.15) is 11.9 Å². The van der Waals surface area contributed by atoms with Gasteiger partial charge in [0.25, 0.3) is 0 Å². The van der Waals surface area contributed by atoms with Gasteiger partial charge in [-0.3, -0.25) is 0 Å². The molecule has 2 aromatic rings. The van der Waals surface area contributed by atoms with E-state index >= 15 is 0 Å². The van der Waals surface area contributed by atoms with E-state index in [2.05, 4.69) is 20.4 Å². The molecule has 0 aliphatic carbocycles. The Hall–Kier alpha value is -2.42. The van der Waals surface area contributed by atoms with E-state index in [4.69, 9.17) is 9.78 Å². The average molecular weight is 215 g/mol. The number of anilines is 1. The van der Waals surface area contributed by atoms with Crippen molar-refractivity contribution in [1.82, 2.24) is 15.1 Å². The molecule has 6 nitrogen and oxygen atoms in total. The van der Waals surface area contributed by atoms with Crippen molar-refractivity contribution in [2.24, 2.45) is 0 Å². The van der Waals surface area contributed by atoms with Crippen molar-refractivity contribution in [3.05, 3.63) is 35.6 Å². The van der Waals surface area contributed by atoms with Crippen molar-refractivity contribution in [3.8, 4) is 6.07 Å². The summed E-state index contributed by atoms with van der Waals surface area (Å²) >= 11 is 0. The second-order valence-corrected chi connectivity index (χ2v) is 3.19. The highest BCUT2D eigenvalue weighted by Crippen LogP contribution is 2.06. The summed E-state index contributed by atoms with van der Waals surface area (Å²) in [6.07, 6.45) is 2.91. The van der Waals surface area contributed by atoms with Crippen LogP contribution in [-0.4, -0.2) is 15.1 Å². The second kappa shape index (κ2) is 4.40. The number of nitrogens with zero attached hydrogens (tertiary/aromatic N) is 4. The first-order valence-corrected chi connectivity index (χ1v) is 4.66.